The molecule has 2 aromatic carbocycles. The van der Waals surface area contributed by atoms with Gasteiger partial charge in [0, 0.05) is 25.7 Å². The van der Waals surface area contributed by atoms with Gasteiger partial charge in [-0.05, 0) is 35.8 Å². The van der Waals surface area contributed by atoms with Gasteiger partial charge in [0.2, 0.25) is 10.0 Å². The number of esters is 1. The number of hydrogen-bond acceptors (Lipinski definition) is 5. The van der Waals surface area contributed by atoms with Crippen LogP contribution in [-0.2, 0) is 30.8 Å². The van der Waals surface area contributed by atoms with Gasteiger partial charge in [-0.3, -0.25) is 4.79 Å². The van der Waals surface area contributed by atoms with Crippen LogP contribution in [0.15, 0.2) is 65.6 Å². The number of nitrogens with one attached hydrogen (secondary N) is 1. The molecular formula is C23H28N2O5S. The molecule has 0 fully saturated rings. The number of ether oxygens (including phenoxy) is 1. The molecule has 8 heteroatoms. The fraction of sp³-hybridized carbons (Fsp3) is 0.304. The second kappa shape index (κ2) is 12.0. The van der Waals surface area contributed by atoms with Crippen molar-refractivity contribution in [3.63, 3.8) is 0 Å². The zero-order valence-electron chi connectivity index (χ0n) is 17.8. The molecule has 0 radical (unpaired) electrons. The number of carbonyl (C=O) groups excluding carboxylic acids is 2. The molecule has 0 aliphatic rings. The summed E-state index contributed by atoms with van der Waals surface area (Å²) in [4.78, 5) is 23.8. The molecule has 0 unspecified atom stereocenters. The first kappa shape index (κ1) is 24.3. The van der Waals surface area contributed by atoms with Gasteiger partial charge in [0.25, 0.3) is 5.91 Å². The fourth-order valence-corrected chi connectivity index (χ4v) is 4.31. The monoisotopic (exact) mass is 444 g/mol. The minimum atomic E-state index is -3.52. The summed E-state index contributed by atoms with van der Waals surface area (Å²) in [5.74, 6) is -1.03. The summed E-state index contributed by atoms with van der Waals surface area (Å²) in [6, 6.07) is 16.0. The number of nitrogens with zero attached hydrogens (tertiary/aromatic N) is 1. The van der Waals surface area contributed by atoms with E-state index in [1.54, 1.807) is 26.0 Å². The largest absolute Gasteiger partial charge is 0.452 e. The van der Waals surface area contributed by atoms with Crippen LogP contribution in [0.25, 0.3) is 6.08 Å². The number of amides is 1. The molecular weight excluding hydrogens is 416 g/mol. The summed E-state index contributed by atoms with van der Waals surface area (Å²) in [5, 5.41) is 2.70. The van der Waals surface area contributed by atoms with E-state index in [1.165, 1.54) is 28.6 Å². The minimum absolute atomic E-state index is 0.197. The molecule has 0 aliphatic heterocycles. The van der Waals surface area contributed by atoms with Crippen molar-refractivity contribution in [2.24, 2.45) is 0 Å². The Bertz CT molecular complexity index is 982. The first-order chi connectivity index (χ1) is 14.9. The lowest BCUT2D eigenvalue weighted by Gasteiger charge is -2.18. The van der Waals surface area contributed by atoms with E-state index in [2.05, 4.69) is 5.32 Å². The average Bonchev–Trinajstić information content (AvgIpc) is 2.78. The van der Waals surface area contributed by atoms with Crippen LogP contribution in [0, 0.1) is 0 Å². The fourth-order valence-electron chi connectivity index (χ4n) is 2.85. The number of sulfonamides is 1. The summed E-state index contributed by atoms with van der Waals surface area (Å²) in [5.41, 5.74) is 1.75. The van der Waals surface area contributed by atoms with Gasteiger partial charge >= 0.3 is 5.97 Å². The molecule has 0 aromatic heterocycles. The van der Waals surface area contributed by atoms with Crippen LogP contribution in [0.5, 0.6) is 0 Å². The van der Waals surface area contributed by atoms with Crippen molar-refractivity contribution < 1.29 is 22.7 Å². The summed E-state index contributed by atoms with van der Waals surface area (Å²) in [6.07, 6.45) is 3.40. The Morgan fingerprint density at radius 2 is 1.65 bits per heavy atom. The zero-order valence-corrected chi connectivity index (χ0v) is 18.6. The third-order valence-electron chi connectivity index (χ3n) is 4.56. The van der Waals surface area contributed by atoms with Gasteiger partial charge < -0.3 is 10.1 Å². The van der Waals surface area contributed by atoms with Gasteiger partial charge in [-0.15, -0.1) is 0 Å². The van der Waals surface area contributed by atoms with Gasteiger partial charge in [-0.1, -0.05) is 56.3 Å². The summed E-state index contributed by atoms with van der Waals surface area (Å²) in [6.45, 7) is 4.46. The molecule has 7 nitrogen and oxygen atoms in total. The average molecular weight is 445 g/mol. The number of hydrogen-bond donors (Lipinski definition) is 1. The molecule has 1 N–H and O–H groups in total. The van der Waals surface area contributed by atoms with E-state index >= 15 is 0 Å². The summed E-state index contributed by atoms with van der Waals surface area (Å²) >= 11 is 0. The Morgan fingerprint density at radius 3 is 2.26 bits per heavy atom. The molecule has 0 aliphatic carbocycles. The van der Waals surface area contributed by atoms with Crippen LogP contribution < -0.4 is 5.32 Å². The zero-order chi connectivity index (χ0) is 22.7. The summed E-state index contributed by atoms with van der Waals surface area (Å²) < 4.78 is 31.2. The molecule has 2 aromatic rings. The molecule has 31 heavy (non-hydrogen) atoms. The lowest BCUT2D eigenvalue weighted by Crippen LogP contribution is -2.30. The van der Waals surface area contributed by atoms with Gasteiger partial charge in [0.1, 0.15) is 0 Å². The maximum Gasteiger partial charge on any atom is 0.331 e. The molecule has 0 heterocycles. The highest BCUT2D eigenvalue weighted by atomic mass is 32.2. The lowest BCUT2D eigenvalue weighted by atomic mass is 10.1. The van der Waals surface area contributed by atoms with Crippen molar-refractivity contribution in [1.82, 2.24) is 9.62 Å². The molecule has 0 spiro atoms. The molecule has 0 atom stereocenters. The Hall–Kier alpha value is -2.97. The third kappa shape index (κ3) is 7.66. The summed E-state index contributed by atoms with van der Waals surface area (Å²) in [7, 11) is -3.52. The van der Waals surface area contributed by atoms with E-state index in [9.17, 15) is 18.0 Å². The van der Waals surface area contributed by atoms with E-state index in [0.717, 1.165) is 5.56 Å². The second-order valence-corrected chi connectivity index (χ2v) is 8.62. The maximum atomic E-state index is 12.5. The lowest BCUT2D eigenvalue weighted by molar-refractivity contribution is -0.143. The molecule has 0 saturated heterocycles. The molecule has 0 saturated carbocycles. The van der Waals surface area contributed by atoms with Crippen LogP contribution in [0.4, 0.5) is 0 Å². The van der Waals surface area contributed by atoms with Gasteiger partial charge in [0.05, 0.1) is 4.90 Å². The van der Waals surface area contributed by atoms with E-state index in [0.29, 0.717) is 31.6 Å². The van der Waals surface area contributed by atoms with Gasteiger partial charge in [-0.25, -0.2) is 13.2 Å². The highest BCUT2D eigenvalue weighted by Crippen LogP contribution is 2.16. The first-order valence-electron chi connectivity index (χ1n) is 10.1. The number of carbonyl (C=O) groups is 2. The molecule has 0 bridgehead atoms. The SMILES string of the molecule is CCN(CC)S(=O)(=O)c1ccc(C=CC(=O)OCC(=O)NCCc2ccccc2)cc1. The minimum Gasteiger partial charge on any atom is -0.452 e. The first-order valence-corrected chi connectivity index (χ1v) is 11.6. The number of rotatable bonds is 11. The van der Waals surface area contributed by atoms with Crippen molar-refractivity contribution in [1.29, 1.82) is 0 Å². The van der Waals surface area contributed by atoms with Crippen LogP contribution in [-0.4, -0.2) is 50.8 Å². The van der Waals surface area contributed by atoms with E-state index in [-0.39, 0.29) is 17.4 Å². The second-order valence-electron chi connectivity index (χ2n) is 6.68. The van der Waals surface area contributed by atoms with Crippen LogP contribution >= 0.6 is 0 Å². The van der Waals surface area contributed by atoms with E-state index in [4.69, 9.17) is 4.74 Å². The molecule has 166 valence electrons. The van der Waals surface area contributed by atoms with Crippen molar-refractivity contribution >= 4 is 28.0 Å². The Balaban J connectivity index is 1.78. The standard InChI is InChI=1S/C23H28N2O5S/c1-3-25(4-2)31(28,29)21-13-10-20(11-14-21)12-15-23(27)30-18-22(26)24-17-16-19-8-6-5-7-9-19/h5-15H,3-4,16-18H2,1-2H3,(H,24,26). The van der Waals surface area contributed by atoms with Gasteiger partial charge in [-0.2, -0.15) is 4.31 Å². The van der Waals surface area contributed by atoms with Crippen molar-refractivity contribution in [3.8, 4) is 0 Å². The molecule has 2 rings (SSSR count). The van der Waals surface area contributed by atoms with Crippen molar-refractivity contribution in [2.45, 2.75) is 25.2 Å². The predicted octanol–water partition coefficient (Wildman–Crippen LogP) is 2.63. The topological polar surface area (TPSA) is 92.8 Å². The smallest absolute Gasteiger partial charge is 0.331 e. The third-order valence-corrected chi connectivity index (χ3v) is 6.62. The van der Waals surface area contributed by atoms with Crippen molar-refractivity contribution in [2.75, 3.05) is 26.2 Å². The normalized spacial score (nSPS) is 11.6. The Morgan fingerprint density at radius 1 is 1.00 bits per heavy atom. The van der Waals surface area contributed by atoms with Crippen LogP contribution in [0.2, 0.25) is 0 Å². The van der Waals surface area contributed by atoms with E-state index in [1.807, 2.05) is 30.3 Å². The van der Waals surface area contributed by atoms with Crippen LogP contribution in [0.3, 0.4) is 0 Å². The van der Waals surface area contributed by atoms with Crippen LogP contribution in [0.1, 0.15) is 25.0 Å². The quantitative estimate of drug-likeness (QED) is 0.425. The Labute approximate surface area is 183 Å². The number of benzene rings is 2. The van der Waals surface area contributed by atoms with Crippen molar-refractivity contribution in [3.05, 3.63) is 71.8 Å². The highest BCUT2D eigenvalue weighted by molar-refractivity contribution is 7.89. The van der Waals surface area contributed by atoms with Gasteiger partial charge in [0.15, 0.2) is 6.61 Å². The highest BCUT2D eigenvalue weighted by Gasteiger charge is 2.20. The molecule has 1 amide bonds. The predicted molar refractivity (Wildman–Crippen MR) is 120 cm³/mol. The maximum absolute atomic E-state index is 12.5. The Kier molecular flexibility index (Phi) is 9.42. The van der Waals surface area contributed by atoms with E-state index < -0.39 is 16.0 Å².